The summed E-state index contributed by atoms with van der Waals surface area (Å²) in [6, 6.07) is 14.3. The van der Waals surface area contributed by atoms with Crippen molar-refractivity contribution in [1.82, 2.24) is 0 Å². The second-order valence-electron chi connectivity index (χ2n) is 11.0. The third-order valence-corrected chi connectivity index (χ3v) is 9.22. The van der Waals surface area contributed by atoms with Gasteiger partial charge in [-0.05, 0) is 84.6 Å². The smallest absolute Gasteiger partial charge is 0.113 e. The molecule has 2 aromatic rings. The topological polar surface area (TPSA) is 90.2 Å². The molecule has 0 bridgehead atoms. The molecule has 0 radical (unpaired) electrons. The van der Waals surface area contributed by atoms with E-state index in [-0.39, 0.29) is 0 Å². The molecular formula is C29H37ClO5. The Morgan fingerprint density at radius 3 is 2.14 bits per heavy atom. The third-order valence-electron chi connectivity index (χ3n) is 8.85. The fourth-order valence-electron chi connectivity index (χ4n) is 6.60. The van der Waals surface area contributed by atoms with E-state index < -0.39 is 37.1 Å². The fraction of sp³-hybridized carbons (Fsp3) is 0.586. The van der Waals surface area contributed by atoms with Crippen molar-refractivity contribution in [2.45, 2.75) is 94.2 Å². The molecule has 1 heterocycles. The molecule has 0 aromatic heterocycles. The van der Waals surface area contributed by atoms with Gasteiger partial charge in [-0.2, -0.15) is 0 Å². The zero-order valence-electron chi connectivity index (χ0n) is 20.2. The van der Waals surface area contributed by atoms with Gasteiger partial charge in [-0.15, -0.1) is 0 Å². The number of benzene rings is 2. The SMILES string of the molecule is OC[C@H]1OC(c2ccc(Cl)c(Cc3ccc(C4CCC5(CCCC5)CC4)cc3)c2)[C@H](O)[C@@H](O)[C@@H]1O. The number of ether oxygens (including phenoxy) is 1. The van der Waals surface area contributed by atoms with Gasteiger partial charge in [0.1, 0.15) is 30.5 Å². The Kier molecular flexibility index (Phi) is 7.55. The average molecular weight is 501 g/mol. The summed E-state index contributed by atoms with van der Waals surface area (Å²) in [6.07, 6.45) is 5.80. The highest BCUT2D eigenvalue weighted by molar-refractivity contribution is 6.31. The van der Waals surface area contributed by atoms with Gasteiger partial charge in [-0.25, -0.2) is 0 Å². The summed E-state index contributed by atoms with van der Waals surface area (Å²) in [4.78, 5) is 0. The third kappa shape index (κ3) is 5.18. The first-order chi connectivity index (χ1) is 16.9. The van der Waals surface area contributed by atoms with Crippen LogP contribution >= 0.6 is 11.6 Å². The molecular weight excluding hydrogens is 464 g/mol. The Bertz CT molecular complexity index is 991. The van der Waals surface area contributed by atoms with E-state index in [9.17, 15) is 20.4 Å². The van der Waals surface area contributed by atoms with Crippen LogP contribution in [0.3, 0.4) is 0 Å². The molecule has 35 heavy (non-hydrogen) atoms. The molecule has 4 N–H and O–H groups in total. The first-order valence-corrected chi connectivity index (χ1v) is 13.4. The van der Waals surface area contributed by atoms with Gasteiger partial charge in [-0.1, -0.05) is 60.8 Å². The van der Waals surface area contributed by atoms with Gasteiger partial charge in [0.2, 0.25) is 0 Å². The van der Waals surface area contributed by atoms with Crippen LogP contribution in [0.4, 0.5) is 0 Å². The molecule has 1 aliphatic heterocycles. The monoisotopic (exact) mass is 500 g/mol. The van der Waals surface area contributed by atoms with Crippen molar-refractivity contribution in [1.29, 1.82) is 0 Å². The van der Waals surface area contributed by atoms with Crippen molar-refractivity contribution >= 4 is 11.6 Å². The summed E-state index contributed by atoms with van der Waals surface area (Å²) in [5.41, 5.74) is 4.79. The second-order valence-corrected chi connectivity index (χ2v) is 11.4. The van der Waals surface area contributed by atoms with Crippen LogP contribution in [-0.2, 0) is 11.2 Å². The molecule has 3 aliphatic rings. The number of hydrogen-bond donors (Lipinski definition) is 4. The lowest BCUT2D eigenvalue weighted by molar-refractivity contribution is -0.231. The Balaban J connectivity index is 1.27. The Morgan fingerprint density at radius 2 is 1.49 bits per heavy atom. The highest BCUT2D eigenvalue weighted by atomic mass is 35.5. The molecule has 5 rings (SSSR count). The first-order valence-electron chi connectivity index (χ1n) is 13.1. The first kappa shape index (κ1) is 25.2. The van der Waals surface area contributed by atoms with Crippen LogP contribution in [0.2, 0.25) is 5.02 Å². The fourth-order valence-corrected chi connectivity index (χ4v) is 6.78. The van der Waals surface area contributed by atoms with E-state index in [1.54, 1.807) is 12.1 Å². The quantitative estimate of drug-likeness (QED) is 0.479. The van der Waals surface area contributed by atoms with Crippen LogP contribution in [0, 0.1) is 5.41 Å². The molecule has 3 fully saturated rings. The molecule has 6 heteroatoms. The van der Waals surface area contributed by atoms with E-state index in [0.717, 1.165) is 11.1 Å². The Labute approximate surface area is 212 Å². The zero-order chi connectivity index (χ0) is 24.6. The summed E-state index contributed by atoms with van der Waals surface area (Å²) < 4.78 is 5.73. The molecule has 190 valence electrons. The molecule has 2 saturated carbocycles. The predicted octanol–water partition coefficient (Wildman–Crippen LogP) is 4.66. The molecule has 5 nitrogen and oxygen atoms in total. The van der Waals surface area contributed by atoms with Crippen molar-refractivity contribution in [3.05, 3.63) is 69.7 Å². The summed E-state index contributed by atoms with van der Waals surface area (Å²) in [5.74, 6) is 0.661. The van der Waals surface area contributed by atoms with E-state index >= 15 is 0 Å². The summed E-state index contributed by atoms with van der Waals surface area (Å²) in [5, 5.41) is 40.8. The highest BCUT2D eigenvalue weighted by Crippen LogP contribution is 2.52. The minimum absolute atomic E-state index is 0.448. The molecule has 1 spiro atoms. The van der Waals surface area contributed by atoms with Gasteiger partial charge in [0.15, 0.2) is 0 Å². The maximum atomic E-state index is 10.5. The van der Waals surface area contributed by atoms with Crippen LogP contribution in [0.5, 0.6) is 0 Å². The summed E-state index contributed by atoms with van der Waals surface area (Å²) in [7, 11) is 0. The molecule has 0 amide bonds. The van der Waals surface area contributed by atoms with Gasteiger partial charge in [0.05, 0.1) is 6.61 Å². The molecule has 2 aliphatic carbocycles. The lowest BCUT2D eigenvalue weighted by atomic mass is 9.68. The maximum Gasteiger partial charge on any atom is 0.113 e. The van der Waals surface area contributed by atoms with E-state index in [1.807, 2.05) is 6.07 Å². The van der Waals surface area contributed by atoms with Crippen LogP contribution in [0.15, 0.2) is 42.5 Å². The average Bonchev–Trinajstić information content (AvgIpc) is 3.33. The van der Waals surface area contributed by atoms with Crippen molar-refractivity contribution in [3.8, 4) is 0 Å². The largest absolute Gasteiger partial charge is 0.394 e. The van der Waals surface area contributed by atoms with Crippen LogP contribution in [-0.4, -0.2) is 51.4 Å². The van der Waals surface area contributed by atoms with Crippen molar-refractivity contribution in [2.75, 3.05) is 6.61 Å². The van der Waals surface area contributed by atoms with E-state index in [2.05, 4.69) is 24.3 Å². The summed E-state index contributed by atoms with van der Waals surface area (Å²) in [6.45, 7) is -0.448. The molecule has 1 saturated heterocycles. The minimum atomic E-state index is -1.40. The van der Waals surface area contributed by atoms with E-state index in [0.29, 0.717) is 28.3 Å². The maximum absolute atomic E-state index is 10.5. The van der Waals surface area contributed by atoms with Gasteiger partial charge in [0.25, 0.3) is 0 Å². The van der Waals surface area contributed by atoms with Crippen molar-refractivity contribution in [3.63, 3.8) is 0 Å². The van der Waals surface area contributed by atoms with Crippen LogP contribution in [0.1, 0.15) is 85.6 Å². The highest BCUT2D eigenvalue weighted by Gasteiger charge is 2.44. The zero-order valence-corrected chi connectivity index (χ0v) is 20.9. The normalized spacial score (nSPS) is 31.2. The standard InChI is InChI=1S/C29H37ClO5/c30-23-8-7-21(28-27(34)26(33)25(32)24(17-31)35-28)16-22(23)15-18-3-5-19(6-4-18)20-9-13-29(14-10-20)11-1-2-12-29/h3-8,16,20,24-28,31-34H,1-2,9-15,17H2/t24-,25-,26+,27-,28?/m1/s1. The minimum Gasteiger partial charge on any atom is -0.394 e. The predicted molar refractivity (Wildman–Crippen MR) is 136 cm³/mol. The van der Waals surface area contributed by atoms with Gasteiger partial charge in [0, 0.05) is 5.02 Å². The number of aliphatic hydroxyl groups is 4. The number of hydrogen-bond acceptors (Lipinski definition) is 5. The second kappa shape index (κ2) is 10.5. The van der Waals surface area contributed by atoms with Crippen molar-refractivity contribution < 1.29 is 25.2 Å². The lowest BCUT2D eigenvalue weighted by Gasteiger charge is -2.40. The number of aliphatic hydroxyl groups excluding tert-OH is 4. The summed E-state index contributed by atoms with van der Waals surface area (Å²) >= 11 is 6.51. The van der Waals surface area contributed by atoms with Gasteiger partial charge >= 0.3 is 0 Å². The number of rotatable bonds is 5. The van der Waals surface area contributed by atoms with Crippen LogP contribution in [0.25, 0.3) is 0 Å². The van der Waals surface area contributed by atoms with Crippen molar-refractivity contribution in [2.24, 2.45) is 5.41 Å². The molecule has 1 unspecified atom stereocenters. The number of halogens is 1. The Hall–Kier alpha value is -1.47. The van der Waals surface area contributed by atoms with Gasteiger partial charge < -0.3 is 25.2 Å². The van der Waals surface area contributed by atoms with Crippen LogP contribution < -0.4 is 0 Å². The molecule has 2 aromatic carbocycles. The van der Waals surface area contributed by atoms with Gasteiger partial charge in [-0.3, -0.25) is 0 Å². The molecule has 5 atom stereocenters. The van der Waals surface area contributed by atoms with E-state index in [1.165, 1.54) is 56.9 Å². The Morgan fingerprint density at radius 1 is 0.829 bits per heavy atom. The van der Waals surface area contributed by atoms with E-state index in [4.69, 9.17) is 16.3 Å². The lowest BCUT2D eigenvalue weighted by Crippen LogP contribution is -2.55.